The van der Waals surface area contributed by atoms with Gasteiger partial charge in [0.1, 0.15) is 0 Å². The Balaban J connectivity index is 3.41. The predicted octanol–water partition coefficient (Wildman–Crippen LogP) is 0.852. The fraction of sp³-hybridized carbons (Fsp3) is 0.778. The molecule has 1 atom stereocenters. The first kappa shape index (κ1) is 12.7. The lowest BCUT2D eigenvalue weighted by Crippen LogP contribution is -2.36. The highest BCUT2D eigenvalue weighted by Crippen LogP contribution is 1.99. The van der Waals surface area contributed by atoms with Crippen molar-refractivity contribution in [2.75, 3.05) is 13.3 Å². The Hall–Kier alpha value is -1.26. The van der Waals surface area contributed by atoms with Gasteiger partial charge in [-0.05, 0) is 5.92 Å². The average Bonchev–Trinajstić information content (AvgIpc) is 2.13. The van der Waals surface area contributed by atoms with Gasteiger partial charge in [-0.3, -0.25) is 4.79 Å². The van der Waals surface area contributed by atoms with Crippen LogP contribution in [0.25, 0.3) is 0 Å². The topological polar surface area (TPSA) is 67.4 Å². The molecule has 2 N–H and O–H groups in total. The Morgan fingerprint density at radius 3 is 2.50 bits per heavy atom. The number of carbonyl (C=O) groups is 2. The van der Waals surface area contributed by atoms with Crippen LogP contribution in [0.4, 0.5) is 4.79 Å². The summed E-state index contributed by atoms with van der Waals surface area (Å²) in [6.45, 7) is 5.92. The van der Waals surface area contributed by atoms with Crippen molar-refractivity contribution in [3.63, 3.8) is 0 Å². The molecular weight excluding hydrogens is 184 g/mol. The smallest absolute Gasteiger partial charge is 0.408 e. The SMILES string of the molecule is CCC(C)COC(=O)NCNC(C)=O. The molecule has 5 heteroatoms. The number of amides is 2. The van der Waals surface area contributed by atoms with Crippen molar-refractivity contribution in [3.05, 3.63) is 0 Å². The number of ether oxygens (including phenoxy) is 1. The van der Waals surface area contributed by atoms with Crippen molar-refractivity contribution < 1.29 is 14.3 Å². The monoisotopic (exact) mass is 202 g/mol. The molecule has 5 nitrogen and oxygen atoms in total. The highest BCUT2D eigenvalue weighted by atomic mass is 16.5. The van der Waals surface area contributed by atoms with Crippen molar-refractivity contribution in [2.24, 2.45) is 5.92 Å². The molecule has 0 bridgehead atoms. The predicted molar refractivity (Wildman–Crippen MR) is 52.6 cm³/mol. The van der Waals surface area contributed by atoms with E-state index in [1.165, 1.54) is 6.92 Å². The number of nitrogens with one attached hydrogen (secondary N) is 2. The van der Waals surface area contributed by atoms with Crippen LogP contribution in [0.5, 0.6) is 0 Å². The van der Waals surface area contributed by atoms with E-state index in [9.17, 15) is 9.59 Å². The van der Waals surface area contributed by atoms with Gasteiger partial charge in [0.25, 0.3) is 0 Å². The molecule has 0 radical (unpaired) electrons. The average molecular weight is 202 g/mol. The number of rotatable bonds is 5. The Morgan fingerprint density at radius 1 is 1.36 bits per heavy atom. The molecule has 0 aliphatic rings. The van der Waals surface area contributed by atoms with Gasteiger partial charge in [0.2, 0.25) is 5.91 Å². The lowest BCUT2D eigenvalue weighted by atomic mass is 10.1. The van der Waals surface area contributed by atoms with E-state index >= 15 is 0 Å². The molecule has 0 heterocycles. The van der Waals surface area contributed by atoms with Gasteiger partial charge in [0.05, 0.1) is 13.3 Å². The van der Waals surface area contributed by atoms with E-state index in [2.05, 4.69) is 10.6 Å². The van der Waals surface area contributed by atoms with Gasteiger partial charge in [-0.15, -0.1) is 0 Å². The van der Waals surface area contributed by atoms with E-state index in [0.29, 0.717) is 12.5 Å². The quantitative estimate of drug-likeness (QED) is 0.649. The van der Waals surface area contributed by atoms with Crippen molar-refractivity contribution in [1.29, 1.82) is 0 Å². The Labute approximate surface area is 84.2 Å². The number of hydrogen-bond acceptors (Lipinski definition) is 3. The van der Waals surface area contributed by atoms with Gasteiger partial charge >= 0.3 is 6.09 Å². The van der Waals surface area contributed by atoms with Gasteiger partial charge < -0.3 is 15.4 Å². The summed E-state index contributed by atoms with van der Waals surface area (Å²) < 4.78 is 4.88. The maximum Gasteiger partial charge on any atom is 0.408 e. The molecule has 0 aromatic rings. The van der Waals surface area contributed by atoms with Crippen molar-refractivity contribution in [3.8, 4) is 0 Å². The van der Waals surface area contributed by atoms with E-state index in [4.69, 9.17) is 4.74 Å². The van der Waals surface area contributed by atoms with Gasteiger partial charge in [0.15, 0.2) is 0 Å². The summed E-state index contributed by atoms with van der Waals surface area (Å²) >= 11 is 0. The van der Waals surface area contributed by atoms with E-state index in [-0.39, 0.29) is 12.6 Å². The molecule has 0 fully saturated rings. The van der Waals surface area contributed by atoms with E-state index in [0.717, 1.165) is 6.42 Å². The zero-order chi connectivity index (χ0) is 11.0. The van der Waals surface area contributed by atoms with Crippen LogP contribution in [-0.2, 0) is 9.53 Å². The minimum Gasteiger partial charge on any atom is -0.449 e. The second-order valence-corrected chi connectivity index (χ2v) is 3.20. The van der Waals surface area contributed by atoms with Crippen LogP contribution in [0.1, 0.15) is 27.2 Å². The largest absolute Gasteiger partial charge is 0.449 e. The van der Waals surface area contributed by atoms with E-state index < -0.39 is 6.09 Å². The van der Waals surface area contributed by atoms with Crippen molar-refractivity contribution in [2.45, 2.75) is 27.2 Å². The summed E-state index contributed by atoms with van der Waals surface area (Å²) in [7, 11) is 0. The first-order valence-corrected chi connectivity index (χ1v) is 4.71. The third-order valence-electron chi connectivity index (χ3n) is 1.77. The molecule has 82 valence electrons. The lowest BCUT2D eigenvalue weighted by molar-refractivity contribution is -0.119. The van der Waals surface area contributed by atoms with Crippen LogP contribution in [0.15, 0.2) is 0 Å². The van der Waals surface area contributed by atoms with Gasteiger partial charge in [-0.1, -0.05) is 20.3 Å². The molecule has 0 rings (SSSR count). The zero-order valence-electron chi connectivity index (χ0n) is 8.92. The van der Waals surface area contributed by atoms with Crippen LogP contribution in [0.2, 0.25) is 0 Å². The summed E-state index contributed by atoms with van der Waals surface area (Å²) in [4.78, 5) is 21.4. The van der Waals surface area contributed by atoms with Gasteiger partial charge in [0, 0.05) is 6.92 Å². The molecule has 14 heavy (non-hydrogen) atoms. The molecule has 0 aromatic heterocycles. The fourth-order valence-electron chi connectivity index (χ4n) is 0.628. The normalized spacial score (nSPS) is 11.6. The van der Waals surface area contributed by atoms with E-state index in [1.807, 2.05) is 13.8 Å². The highest BCUT2D eigenvalue weighted by molar-refractivity contribution is 5.73. The molecule has 0 saturated carbocycles. The maximum atomic E-state index is 11.0. The van der Waals surface area contributed by atoms with Crippen LogP contribution in [-0.4, -0.2) is 25.3 Å². The standard InChI is InChI=1S/C9H18N2O3/c1-4-7(2)5-14-9(13)11-6-10-8(3)12/h7H,4-6H2,1-3H3,(H,10,12)(H,11,13). The molecule has 1 unspecified atom stereocenters. The number of alkyl carbamates (subject to hydrolysis) is 1. The summed E-state index contributed by atoms with van der Waals surface area (Å²) in [5.74, 6) is 0.175. The molecule has 0 spiro atoms. The summed E-state index contributed by atoms with van der Waals surface area (Å²) in [6, 6.07) is 0. The molecule has 0 aliphatic carbocycles. The third kappa shape index (κ3) is 7.39. The van der Waals surface area contributed by atoms with Crippen LogP contribution >= 0.6 is 0 Å². The lowest BCUT2D eigenvalue weighted by Gasteiger charge is -2.10. The number of carbonyl (C=O) groups excluding carboxylic acids is 2. The molecular formula is C9H18N2O3. The van der Waals surface area contributed by atoms with E-state index in [1.54, 1.807) is 0 Å². The minimum atomic E-state index is -0.501. The van der Waals surface area contributed by atoms with Crippen LogP contribution in [0, 0.1) is 5.92 Å². The second kappa shape index (κ2) is 7.17. The van der Waals surface area contributed by atoms with Crippen molar-refractivity contribution in [1.82, 2.24) is 10.6 Å². The number of hydrogen-bond donors (Lipinski definition) is 2. The molecule has 0 aromatic carbocycles. The molecule has 2 amide bonds. The Morgan fingerprint density at radius 2 is 2.00 bits per heavy atom. The first-order chi connectivity index (χ1) is 6.56. The fourth-order valence-corrected chi connectivity index (χ4v) is 0.628. The van der Waals surface area contributed by atoms with Crippen LogP contribution in [0.3, 0.4) is 0 Å². The Kier molecular flexibility index (Phi) is 6.53. The van der Waals surface area contributed by atoms with Gasteiger partial charge in [-0.2, -0.15) is 0 Å². The van der Waals surface area contributed by atoms with Crippen LogP contribution < -0.4 is 10.6 Å². The third-order valence-corrected chi connectivity index (χ3v) is 1.77. The summed E-state index contributed by atoms with van der Waals surface area (Å²) in [5, 5.41) is 4.83. The van der Waals surface area contributed by atoms with Crippen molar-refractivity contribution >= 4 is 12.0 Å². The highest BCUT2D eigenvalue weighted by Gasteiger charge is 2.04. The minimum absolute atomic E-state index is 0.106. The summed E-state index contributed by atoms with van der Waals surface area (Å²) in [5.41, 5.74) is 0. The zero-order valence-corrected chi connectivity index (χ0v) is 8.92. The maximum absolute atomic E-state index is 11.0. The van der Waals surface area contributed by atoms with Gasteiger partial charge in [-0.25, -0.2) is 4.79 Å². The molecule has 0 saturated heterocycles. The Bertz CT molecular complexity index is 194. The second-order valence-electron chi connectivity index (χ2n) is 3.20. The molecule has 0 aliphatic heterocycles. The summed E-state index contributed by atoms with van der Waals surface area (Å²) in [6.07, 6.45) is 0.470. The first-order valence-electron chi connectivity index (χ1n) is 4.71.